The van der Waals surface area contributed by atoms with Crippen LogP contribution < -0.4 is 10.5 Å². The first-order chi connectivity index (χ1) is 16.4. The van der Waals surface area contributed by atoms with Crippen molar-refractivity contribution in [2.75, 3.05) is 24.5 Å². The van der Waals surface area contributed by atoms with Crippen LogP contribution in [-0.4, -0.2) is 39.3 Å². The third kappa shape index (κ3) is 5.41. The highest BCUT2D eigenvalue weighted by Gasteiger charge is 2.34. The lowest BCUT2D eigenvalue weighted by molar-refractivity contribution is -0.122. The standard InChI is InChI=1S/C26H36N4O2S2/c1-5-8-11-19(7-3)17-30-25(32)22(34-26(30)33)15-20-18(4)21(16-27)24(31)29(12-6-2)23(20)28-13-9-10-14-28/h15,19H,5-14,17H2,1-4H3/b22-15-. The van der Waals surface area contributed by atoms with E-state index in [4.69, 9.17) is 12.2 Å². The minimum Gasteiger partial charge on any atom is -0.357 e. The Labute approximate surface area is 213 Å². The fraction of sp³-hybridized carbons (Fsp3) is 0.615. The molecule has 3 heterocycles. The molecule has 6 nitrogen and oxygen atoms in total. The number of unbranched alkanes of at least 4 members (excludes halogenated alkanes) is 1. The Hall–Kier alpha value is -2.11. The van der Waals surface area contributed by atoms with Gasteiger partial charge in [-0.3, -0.25) is 19.1 Å². The van der Waals surface area contributed by atoms with E-state index in [1.807, 2.05) is 19.9 Å². The number of anilines is 1. The molecular formula is C26H36N4O2S2. The summed E-state index contributed by atoms with van der Waals surface area (Å²) in [6.07, 6.45) is 9.19. The topological polar surface area (TPSA) is 69.3 Å². The van der Waals surface area contributed by atoms with Gasteiger partial charge in [0, 0.05) is 31.7 Å². The number of thiocarbonyl (C=S) groups is 1. The van der Waals surface area contributed by atoms with Gasteiger partial charge in [0.15, 0.2) is 0 Å². The minimum atomic E-state index is -0.241. The van der Waals surface area contributed by atoms with E-state index in [1.54, 1.807) is 9.47 Å². The van der Waals surface area contributed by atoms with Gasteiger partial charge in [-0.25, -0.2) is 0 Å². The summed E-state index contributed by atoms with van der Waals surface area (Å²) in [7, 11) is 0. The van der Waals surface area contributed by atoms with Crippen LogP contribution >= 0.6 is 24.0 Å². The summed E-state index contributed by atoms with van der Waals surface area (Å²) in [5.41, 5.74) is 1.35. The van der Waals surface area contributed by atoms with Gasteiger partial charge in [0.05, 0.1) is 4.91 Å². The summed E-state index contributed by atoms with van der Waals surface area (Å²) in [5, 5.41) is 9.77. The van der Waals surface area contributed by atoms with Crippen LogP contribution in [0.2, 0.25) is 0 Å². The average molecular weight is 501 g/mol. The first-order valence-electron chi connectivity index (χ1n) is 12.6. The Kier molecular flexibility index (Phi) is 9.38. The molecule has 184 valence electrons. The van der Waals surface area contributed by atoms with E-state index in [-0.39, 0.29) is 17.0 Å². The van der Waals surface area contributed by atoms with Crippen molar-refractivity contribution in [2.24, 2.45) is 5.92 Å². The number of hydrogen-bond acceptors (Lipinski definition) is 6. The molecule has 1 aromatic rings. The van der Waals surface area contributed by atoms with Crippen molar-refractivity contribution < 1.29 is 4.79 Å². The highest BCUT2D eigenvalue weighted by atomic mass is 32.2. The monoisotopic (exact) mass is 500 g/mol. The molecule has 8 heteroatoms. The van der Waals surface area contributed by atoms with Gasteiger partial charge in [-0.1, -0.05) is 64.0 Å². The molecule has 3 rings (SSSR count). The summed E-state index contributed by atoms with van der Waals surface area (Å²) >= 11 is 6.94. The van der Waals surface area contributed by atoms with Gasteiger partial charge in [-0.15, -0.1) is 0 Å². The van der Waals surface area contributed by atoms with Gasteiger partial charge >= 0.3 is 0 Å². The molecule has 0 aliphatic carbocycles. The molecule has 2 fully saturated rings. The SMILES string of the molecule is CCCCC(CC)CN1C(=O)/C(=C/c2c(C)c(C#N)c(=O)n(CCC)c2N2CCCC2)SC1=S. The number of carbonyl (C=O) groups excluding carboxylic acids is 1. The summed E-state index contributed by atoms with van der Waals surface area (Å²) in [4.78, 5) is 31.2. The molecular weight excluding hydrogens is 464 g/mol. The average Bonchev–Trinajstić information content (AvgIpc) is 3.44. The molecule has 0 saturated carbocycles. The molecule has 1 unspecified atom stereocenters. The maximum absolute atomic E-state index is 13.4. The zero-order chi connectivity index (χ0) is 24.8. The zero-order valence-corrected chi connectivity index (χ0v) is 22.5. The normalized spacial score (nSPS) is 18.3. The largest absolute Gasteiger partial charge is 0.357 e. The Balaban J connectivity index is 2.07. The van der Waals surface area contributed by atoms with Crippen molar-refractivity contribution in [3.8, 4) is 6.07 Å². The maximum Gasteiger partial charge on any atom is 0.270 e. The molecule has 1 aromatic heterocycles. The number of aromatic nitrogens is 1. The number of rotatable bonds is 10. The van der Waals surface area contributed by atoms with Gasteiger partial charge in [0.25, 0.3) is 11.5 Å². The molecule has 2 aliphatic heterocycles. The minimum absolute atomic E-state index is 0.0662. The second-order valence-corrected chi connectivity index (χ2v) is 10.9. The number of carbonyl (C=O) groups is 1. The Morgan fingerprint density at radius 1 is 1.18 bits per heavy atom. The molecule has 0 radical (unpaired) electrons. The third-order valence-electron chi connectivity index (χ3n) is 6.83. The predicted molar refractivity (Wildman–Crippen MR) is 145 cm³/mol. The molecule has 2 aliphatic rings. The predicted octanol–water partition coefficient (Wildman–Crippen LogP) is 5.46. The van der Waals surface area contributed by atoms with Gasteiger partial charge in [-0.05, 0) is 50.2 Å². The third-order valence-corrected chi connectivity index (χ3v) is 8.21. The van der Waals surface area contributed by atoms with Crippen LogP contribution in [0, 0.1) is 24.2 Å². The van der Waals surface area contributed by atoms with Crippen LogP contribution in [0.15, 0.2) is 9.70 Å². The van der Waals surface area contributed by atoms with Gasteiger partial charge < -0.3 is 4.90 Å². The molecule has 34 heavy (non-hydrogen) atoms. The van der Waals surface area contributed by atoms with E-state index in [2.05, 4.69) is 24.8 Å². The van der Waals surface area contributed by atoms with E-state index >= 15 is 0 Å². The summed E-state index contributed by atoms with van der Waals surface area (Å²) < 4.78 is 2.33. The number of pyridine rings is 1. The van der Waals surface area contributed by atoms with Gasteiger partial charge in [0.2, 0.25) is 0 Å². The zero-order valence-electron chi connectivity index (χ0n) is 20.9. The summed E-state index contributed by atoms with van der Waals surface area (Å²) in [5.74, 6) is 1.20. The van der Waals surface area contributed by atoms with E-state index in [1.165, 1.54) is 11.8 Å². The highest BCUT2D eigenvalue weighted by Crippen LogP contribution is 2.37. The van der Waals surface area contributed by atoms with E-state index < -0.39 is 0 Å². The van der Waals surface area contributed by atoms with Crippen molar-refractivity contribution in [3.05, 3.63) is 31.9 Å². The van der Waals surface area contributed by atoms with Crippen molar-refractivity contribution in [1.29, 1.82) is 5.26 Å². The smallest absolute Gasteiger partial charge is 0.270 e. The van der Waals surface area contributed by atoms with Crippen molar-refractivity contribution in [3.63, 3.8) is 0 Å². The quantitative estimate of drug-likeness (QED) is 0.314. The first kappa shape index (κ1) is 26.5. The van der Waals surface area contributed by atoms with Crippen LogP contribution in [0.1, 0.15) is 82.4 Å². The van der Waals surface area contributed by atoms with E-state index in [0.29, 0.717) is 33.8 Å². The lowest BCUT2D eigenvalue weighted by atomic mass is 9.99. The van der Waals surface area contributed by atoms with Crippen LogP contribution in [0.4, 0.5) is 5.82 Å². The summed E-state index contributed by atoms with van der Waals surface area (Å²) in [6, 6.07) is 2.12. The van der Waals surface area contributed by atoms with Crippen molar-refractivity contribution in [2.45, 2.75) is 79.2 Å². The van der Waals surface area contributed by atoms with Crippen LogP contribution in [0.3, 0.4) is 0 Å². The molecule has 1 atom stereocenters. The fourth-order valence-electron chi connectivity index (χ4n) is 4.81. The molecule has 0 aromatic carbocycles. The molecule has 2 saturated heterocycles. The number of amides is 1. The fourth-order valence-corrected chi connectivity index (χ4v) is 6.07. The van der Waals surface area contributed by atoms with Crippen LogP contribution in [0.5, 0.6) is 0 Å². The maximum atomic E-state index is 13.4. The van der Waals surface area contributed by atoms with E-state index in [0.717, 1.165) is 69.4 Å². The van der Waals surface area contributed by atoms with Gasteiger partial charge in [-0.2, -0.15) is 5.26 Å². The Bertz CT molecular complexity index is 1060. The Morgan fingerprint density at radius 2 is 1.88 bits per heavy atom. The number of nitriles is 1. The number of hydrogen-bond donors (Lipinski definition) is 0. The lowest BCUT2D eigenvalue weighted by Crippen LogP contribution is -2.34. The van der Waals surface area contributed by atoms with Crippen molar-refractivity contribution >= 4 is 46.1 Å². The van der Waals surface area contributed by atoms with E-state index in [9.17, 15) is 14.9 Å². The molecule has 1 amide bonds. The van der Waals surface area contributed by atoms with Crippen LogP contribution in [-0.2, 0) is 11.3 Å². The number of thioether (sulfide) groups is 1. The summed E-state index contributed by atoms with van der Waals surface area (Å²) in [6.45, 7) is 11.1. The number of nitrogens with zero attached hydrogens (tertiary/aromatic N) is 4. The van der Waals surface area contributed by atoms with Crippen molar-refractivity contribution in [1.82, 2.24) is 9.47 Å². The molecule has 0 bridgehead atoms. The second kappa shape index (κ2) is 12.0. The molecule has 0 N–H and O–H groups in total. The highest BCUT2D eigenvalue weighted by molar-refractivity contribution is 8.26. The first-order valence-corrected chi connectivity index (χ1v) is 13.8. The molecule has 0 spiro atoms. The lowest BCUT2D eigenvalue weighted by Gasteiger charge is -2.26. The van der Waals surface area contributed by atoms with Gasteiger partial charge in [0.1, 0.15) is 21.8 Å². The Morgan fingerprint density at radius 3 is 2.47 bits per heavy atom. The van der Waals surface area contributed by atoms with Crippen LogP contribution in [0.25, 0.3) is 6.08 Å². The second-order valence-electron chi connectivity index (χ2n) is 9.21.